The molecule has 0 radical (unpaired) electrons. The lowest BCUT2D eigenvalue weighted by atomic mass is 10.0. The van der Waals surface area contributed by atoms with Gasteiger partial charge in [-0.15, -0.1) is 0 Å². The van der Waals surface area contributed by atoms with Gasteiger partial charge in [0.15, 0.2) is 0 Å². The fourth-order valence-electron chi connectivity index (χ4n) is 1.94. The first kappa shape index (κ1) is 11.4. The number of rotatable bonds is 4. The highest BCUT2D eigenvalue weighted by Gasteiger charge is 2.32. The van der Waals surface area contributed by atoms with E-state index in [1.807, 2.05) is 6.07 Å². The van der Waals surface area contributed by atoms with Gasteiger partial charge in [-0.05, 0) is 52.9 Å². The van der Waals surface area contributed by atoms with Crippen LogP contribution >= 0.6 is 27.5 Å². The SMILES string of the molecule is CCNC(c1cccc(Br)c1Cl)C1CC1. The van der Waals surface area contributed by atoms with E-state index in [9.17, 15) is 0 Å². The summed E-state index contributed by atoms with van der Waals surface area (Å²) < 4.78 is 0.991. The van der Waals surface area contributed by atoms with Gasteiger partial charge in [-0.1, -0.05) is 30.7 Å². The Morgan fingerprint density at radius 1 is 1.53 bits per heavy atom. The predicted octanol–water partition coefficient (Wildman–Crippen LogP) is 4.16. The molecule has 1 atom stereocenters. The van der Waals surface area contributed by atoms with Gasteiger partial charge >= 0.3 is 0 Å². The third-order valence-electron chi connectivity index (χ3n) is 2.83. The van der Waals surface area contributed by atoms with E-state index in [4.69, 9.17) is 11.6 Å². The molecule has 0 aromatic heterocycles. The Morgan fingerprint density at radius 3 is 2.87 bits per heavy atom. The van der Waals surface area contributed by atoms with Gasteiger partial charge in [-0.3, -0.25) is 0 Å². The van der Waals surface area contributed by atoms with E-state index in [2.05, 4.69) is 40.3 Å². The summed E-state index contributed by atoms with van der Waals surface area (Å²) >= 11 is 9.78. The molecule has 1 unspecified atom stereocenters. The van der Waals surface area contributed by atoms with Gasteiger partial charge in [0.05, 0.1) is 5.02 Å². The third-order valence-corrected chi connectivity index (χ3v) is 4.14. The molecular weight excluding hydrogens is 273 g/mol. The first-order chi connectivity index (χ1) is 7.24. The molecular formula is C12H15BrClN. The fourth-order valence-corrected chi connectivity index (χ4v) is 2.57. The molecule has 15 heavy (non-hydrogen) atoms. The van der Waals surface area contributed by atoms with Crippen molar-refractivity contribution in [2.75, 3.05) is 6.54 Å². The third kappa shape index (κ3) is 2.55. The van der Waals surface area contributed by atoms with Crippen LogP contribution in [0.5, 0.6) is 0 Å². The number of hydrogen-bond donors (Lipinski definition) is 1. The van der Waals surface area contributed by atoms with E-state index in [1.165, 1.54) is 18.4 Å². The maximum atomic E-state index is 6.31. The molecule has 1 aromatic rings. The molecule has 0 bridgehead atoms. The van der Waals surface area contributed by atoms with Crippen LogP contribution in [0.4, 0.5) is 0 Å². The van der Waals surface area contributed by atoms with E-state index in [0.29, 0.717) is 6.04 Å². The van der Waals surface area contributed by atoms with Gasteiger partial charge in [0.2, 0.25) is 0 Å². The summed E-state index contributed by atoms with van der Waals surface area (Å²) in [4.78, 5) is 0. The number of benzene rings is 1. The molecule has 0 aliphatic heterocycles. The Labute approximate surface area is 104 Å². The van der Waals surface area contributed by atoms with Gasteiger partial charge in [-0.25, -0.2) is 0 Å². The van der Waals surface area contributed by atoms with Crippen LogP contribution in [0.2, 0.25) is 5.02 Å². The van der Waals surface area contributed by atoms with Crippen molar-refractivity contribution < 1.29 is 0 Å². The van der Waals surface area contributed by atoms with Crippen molar-refractivity contribution >= 4 is 27.5 Å². The average molecular weight is 289 g/mol. The van der Waals surface area contributed by atoms with Gasteiger partial charge < -0.3 is 5.32 Å². The maximum absolute atomic E-state index is 6.31. The Hall–Kier alpha value is -0.0500. The monoisotopic (exact) mass is 287 g/mol. The summed E-state index contributed by atoms with van der Waals surface area (Å²) in [6.07, 6.45) is 2.64. The largest absolute Gasteiger partial charge is 0.310 e. The first-order valence-corrected chi connectivity index (χ1v) is 6.58. The molecule has 3 heteroatoms. The number of nitrogens with one attached hydrogen (secondary N) is 1. The van der Waals surface area contributed by atoms with Crippen LogP contribution in [0.3, 0.4) is 0 Å². The molecule has 0 amide bonds. The molecule has 1 N–H and O–H groups in total. The summed E-state index contributed by atoms with van der Waals surface area (Å²) in [6, 6.07) is 6.60. The lowest BCUT2D eigenvalue weighted by molar-refractivity contribution is 0.496. The van der Waals surface area contributed by atoms with Crippen molar-refractivity contribution in [1.29, 1.82) is 0 Å². The van der Waals surface area contributed by atoms with Crippen LogP contribution in [-0.2, 0) is 0 Å². The van der Waals surface area contributed by atoms with Crippen molar-refractivity contribution in [3.05, 3.63) is 33.3 Å². The molecule has 0 saturated heterocycles. The fraction of sp³-hybridized carbons (Fsp3) is 0.500. The van der Waals surface area contributed by atoms with Crippen molar-refractivity contribution in [2.45, 2.75) is 25.8 Å². The molecule has 1 aliphatic carbocycles. The average Bonchev–Trinajstić information content (AvgIpc) is 3.03. The van der Waals surface area contributed by atoms with Gasteiger partial charge in [0.1, 0.15) is 0 Å². The van der Waals surface area contributed by atoms with Crippen molar-refractivity contribution in [3.63, 3.8) is 0 Å². The molecule has 1 fully saturated rings. The Kier molecular flexibility index (Phi) is 3.70. The van der Waals surface area contributed by atoms with Gasteiger partial charge in [0, 0.05) is 10.5 Å². The van der Waals surface area contributed by atoms with E-state index in [1.54, 1.807) is 0 Å². The minimum absolute atomic E-state index is 0.431. The quantitative estimate of drug-likeness (QED) is 0.877. The molecule has 82 valence electrons. The van der Waals surface area contributed by atoms with Crippen LogP contribution in [0.25, 0.3) is 0 Å². The highest BCUT2D eigenvalue weighted by atomic mass is 79.9. The summed E-state index contributed by atoms with van der Waals surface area (Å²) in [5.41, 5.74) is 1.23. The van der Waals surface area contributed by atoms with Crippen LogP contribution < -0.4 is 5.32 Å². The Bertz CT molecular complexity index is 349. The Balaban J connectivity index is 2.28. The summed E-state index contributed by atoms with van der Waals surface area (Å²) in [7, 11) is 0. The molecule has 1 saturated carbocycles. The van der Waals surface area contributed by atoms with Crippen LogP contribution in [0.15, 0.2) is 22.7 Å². The number of hydrogen-bond acceptors (Lipinski definition) is 1. The van der Waals surface area contributed by atoms with Gasteiger partial charge in [-0.2, -0.15) is 0 Å². The zero-order valence-corrected chi connectivity index (χ0v) is 11.1. The molecule has 0 spiro atoms. The van der Waals surface area contributed by atoms with E-state index < -0.39 is 0 Å². The molecule has 2 rings (SSSR count). The van der Waals surface area contributed by atoms with E-state index in [-0.39, 0.29) is 0 Å². The zero-order valence-electron chi connectivity index (χ0n) is 8.76. The van der Waals surface area contributed by atoms with Crippen LogP contribution in [0, 0.1) is 5.92 Å². The molecule has 1 aliphatic rings. The minimum atomic E-state index is 0.431. The standard InChI is InChI=1S/C12H15BrClN/c1-2-15-12(8-6-7-8)9-4-3-5-10(13)11(9)14/h3-5,8,12,15H,2,6-7H2,1H3. The lowest BCUT2D eigenvalue weighted by Gasteiger charge is -2.19. The van der Waals surface area contributed by atoms with E-state index in [0.717, 1.165) is 22.0 Å². The molecule has 1 nitrogen and oxygen atoms in total. The van der Waals surface area contributed by atoms with Gasteiger partial charge in [0.25, 0.3) is 0 Å². The first-order valence-electron chi connectivity index (χ1n) is 5.41. The van der Waals surface area contributed by atoms with Crippen molar-refractivity contribution in [2.24, 2.45) is 5.92 Å². The highest BCUT2D eigenvalue weighted by Crippen LogP contribution is 2.44. The summed E-state index contributed by atoms with van der Waals surface area (Å²) in [5, 5.41) is 4.38. The maximum Gasteiger partial charge on any atom is 0.0595 e. The summed E-state index contributed by atoms with van der Waals surface area (Å²) in [6.45, 7) is 3.13. The highest BCUT2D eigenvalue weighted by molar-refractivity contribution is 9.10. The Morgan fingerprint density at radius 2 is 2.27 bits per heavy atom. The second-order valence-corrected chi connectivity index (χ2v) is 5.25. The smallest absolute Gasteiger partial charge is 0.0595 e. The summed E-state index contributed by atoms with van der Waals surface area (Å²) in [5.74, 6) is 0.775. The van der Waals surface area contributed by atoms with Crippen molar-refractivity contribution in [1.82, 2.24) is 5.32 Å². The van der Waals surface area contributed by atoms with Crippen LogP contribution in [0.1, 0.15) is 31.4 Å². The van der Waals surface area contributed by atoms with Crippen LogP contribution in [-0.4, -0.2) is 6.54 Å². The molecule has 1 aromatic carbocycles. The van der Waals surface area contributed by atoms with Crippen molar-refractivity contribution in [3.8, 4) is 0 Å². The molecule has 0 heterocycles. The second-order valence-electron chi connectivity index (χ2n) is 4.02. The normalized spacial score (nSPS) is 17.8. The minimum Gasteiger partial charge on any atom is -0.310 e. The zero-order chi connectivity index (χ0) is 10.8. The second kappa shape index (κ2) is 4.86. The number of halogens is 2. The topological polar surface area (TPSA) is 12.0 Å². The predicted molar refractivity (Wildman–Crippen MR) is 68.3 cm³/mol. The lowest BCUT2D eigenvalue weighted by Crippen LogP contribution is -2.22. The van der Waals surface area contributed by atoms with E-state index >= 15 is 0 Å².